The molecule has 0 saturated heterocycles. The fraction of sp³-hybridized carbons (Fsp3) is 0.300. The van der Waals surface area contributed by atoms with Gasteiger partial charge in [0.2, 0.25) is 0 Å². The maximum atomic E-state index is 5.61. The fourth-order valence-corrected chi connectivity index (χ4v) is 3.50. The van der Waals surface area contributed by atoms with Gasteiger partial charge in [0.15, 0.2) is 0 Å². The highest BCUT2D eigenvalue weighted by atomic mass is 79.9. The smallest absolute Gasteiger partial charge is 0.0459 e. The van der Waals surface area contributed by atoms with Crippen LogP contribution >= 0.6 is 15.9 Å². The van der Waals surface area contributed by atoms with Crippen LogP contribution in [0.4, 0.5) is 0 Å². The molecule has 1 atom stereocenters. The van der Waals surface area contributed by atoms with Gasteiger partial charge in [0, 0.05) is 27.1 Å². The van der Waals surface area contributed by atoms with Crippen LogP contribution in [-0.2, 0) is 12.8 Å². The van der Waals surface area contributed by atoms with Crippen molar-refractivity contribution >= 4 is 26.8 Å². The van der Waals surface area contributed by atoms with Crippen molar-refractivity contribution < 1.29 is 0 Å². The summed E-state index contributed by atoms with van der Waals surface area (Å²) in [6.45, 7) is 1.98. The molecule has 0 amide bonds. The van der Waals surface area contributed by atoms with E-state index in [1.165, 1.54) is 52.3 Å². The Morgan fingerprint density at radius 1 is 1.04 bits per heavy atom. The molecule has 1 aliphatic carbocycles. The average Bonchev–Trinajstić information content (AvgIpc) is 2.94. The number of hydrogen-bond acceptors (Lipinski definition) is 1. The molecule has 0 aliphatic heterocycles. The molecule has 2 aromatic carbocycles. The molecule has 0 spiro atoms. The first kappa shape index (κ1) is 16.3. The van der Waals surface area contributed by atoms with E-state index in [1.807, 2.05) is 37.3 Å². The van der Waals surface area contributed by atoms with Crippen LogP contribution in [0.1, 0.15) is 42.6 Å². The second kappa shape index (κ2) is 7.33. The zero-order chi connectivity index (χ0) is 16.2. The van der Waals surface area contributed by atoms with Crippen molar-refractivity contribution in [3.8, 4) is 0 Å². The predicted octanol–water partition coefficient (Wildman–Crippen LogP) is 5.52. The van der Waals surface area contributed by atoms with Crippen molar-refractivity contribution in [1.82, 2.24) is 4.98 Å². The largest absolute Gasteiger partial charge is 0.358 e. The molecule has 0 saturated carbocycles. The average molecular weight is 371 g/mol. The first-order chi connectivity index (χ1) is 11.1. The molecule has 3 N–H and O–H groups in total. The van der Waals surface area contributed by atoms with Crippen LogP contribution in [0, 0.1) is 0 Å². The van der Waals surface area contributed by atoms with E-state index in [1.54, 1.807) is 5.56 Å². The molecule has 0 radical (unpaired) electrons. The summed E-state index contributed by atoms with van der Waals surface area (Å²) in [5.41, 5.74) is 11.1. The number of aromatic amines is 1. The molecule has 1 aromatic heterocycles. The van der Waals surface area contributed by atoms with E-state index < -0.39 is 0 Å². The van der Waals surface area contributed by atoms with Crippen LogP contribution in [0.15, 0.2) is 53.0 Å². The molecule has 0 fully saturated rings. The lowest BCUT2D eigenvalue weighted by Gasteiger charge is -2.10. The fourth-order valence-electron chi connectivity index (χ4n) is 3.13. The van der Waals surface area contributed by atoms with Crippen LogP contribution in [0.5, 0.6) is 0 Å². The van der Waals surface area contributed by atoms with E-state index in [0.717, 1.165) is 0 Å². The van der Waals surface area contributed by atoms with Crippen LogP contribution < -0.4 is 5.73 Å². The topological polar surface area (TPSA) is 41.8 Å². The third-order valence-electron chi connectivity index (χ3n) is 4.39. The van der Waals surface area contributed by atoms with Gasteiger partial charge in [-0.1, -0.05) is 46.3 Å². The second-order valence-corrected chi connectivity index (χ2v) is 7.09. The molecule has 3 heteroatoms. The van der Waals surface area contributed by atoms with Crippen molar-refractivity contribution in [2.75, 3.05) is 0 Å². The summed E-state index contributed by atoms with van der Waals surface area (Å²) in [7, 11) is 0. The first-order valence-electron chi connectivity index (χ1n) is 8.24. The maximum absolute atomic E-state index is 5.61. The molecular weight excluding hydrogens is 348 g/mol. The highest BCUT2D eigenvalue weighted by molar-refractivity contribution is 9.10. The number of H-pyrrole nitrogens is 1. The lowest BCUT2D eigenvalue weighted by Crippen LogP contribution is -2.03. The summed E-state index contributed by atoms with van der Waals surface area (Å²) in [6, 6.07) is 16.7. The molecule has 2 nitrogen and oxygen atoms in total. The van der Waals surface area contributed by atoms with E-state index >= 15 is 0 Å². The first-order valence-corrected chi connectivity index (χ1v) is 9.04. The van der Waals surface area contributed by atoms with Gasteiger partial charge in [-0.3, -0.25) is 0 Å². The highest BCUT2D eigenvalue weighted by Gasteiger charge is 2.14. The summed E-state index contributed by atoms with van der Waals surface area (Å²) in [5, 5.41) is 1.41. The summed E-state index contributed by atoms with van der Waals surface area (Å²) in [4.78, 5) is 3.52. The number of nitrogens with one attached hydrogen (secondary N) is 1. The number of benzene rings is 2. The van der Waals surface area contributed by atoms with Gasteiger partial charge in [0.05, 0.1) is 0 Å². The molecule has 3 aromatic rings. The Morgan fingerprint density at radius 3 is 2.48 bits per heavy atom. The molecule has 0 bridgehead atoms. The SMILES string of the molecule is Brc1ccc2[nH]c3c(c2c1)CCCC3.CC(N)c1ccccc1. The van der Waals surface area contributed by atoms with Crippen molar-refractivity contribution in [3.05, 3.63) is 69.8 Å². The Bertz CT molecular complexity index is 775. The van der Waals surface area contributed by atoms with Gasteiger partial charge in [-0.15, -0.1) is 0 Å². The van der Waals surface area contributed by atoms with E-state index in [0.29, 0.717) is 0 Å². The molecule has 4 rings (SSSR count). The number of nitrogens with two attached hydrogens (primary N) is 1. The van der Waals surface area contributed by atoms with Gasteiger partial charge in [0.1, 0.15) is 0 Å². The Balaban J connectivity index is 0.000000151. The molecule has 1 aliphatic rings. The third kappa shape index (κ3) is 3.85. The van der Waals surface area contributed by atoms with Crippen molar-refractivity contribution in [2.24, 2.45) is 5.73 Å². The van der Waals surface area contributed by atoms with Gasteiger partial charge in [-0.05, 0) is 61.9 Å². The standard InChI is InChI=1S/C12H12BrN.C8H11N/c13-8-5-6-12-10(7-8)9-3-1-2-4-11(9)14-12;1-7(9)8-5-3-2-4-6-8/h5-7,14H,1-4H2;2-7H,9H2,1H3. The summed E-state index contributed by atoms with van der Waals surface area (Å²) in [6.07, 6.45) is 5.14. The Kier molecular flexibility index (Phi) is 5.19. The van der Waals surface area contributed by atoms with Crippen LogP contribution in [0.25, 0.3) is 10.9 Å². The minimum absolute atomic E-state index is 0.159. The van der Waals surface area contributed by atoms with Crippen LogP contribution in [0.3, 0.4) is 0 Å². The minimum atomic E-state index is 0.159. The minimum Gasteiger partial charge on any atom is -0.358 e. The number of aryl methyl sites for hydroxylation is 2. The van der Waals surface area contributed by atoms with E-state index in [4.69, 9.17) is 5.73 Å². The molecule has 120 valence electrons. The van der Waals surface area contributed by atoms with E-state index in [2.05, 4.69) is 39.1 Å². The quantitative estimate of drug-likeness (QED) is 0.581. The third-order valence-corrected chi connectivity index (χ3v) is 4.88. The summed E-state index contributed by atoms with van der Waals surface area (Å²) in [5.74, 6) is 0. The van der Waals surface area contributed by atoms with E-state index in [-0.39, 0.29) is 6.04 Å². The normalized spacial score (nSPS) is 14.7. The van der Waals surface area contributed by atoms with Gasteiger partial charge in [-0.25, -0.2) is 0 Å². The van der Waals surface area contributed by atoms with Crippen molar-refractivity contribution in [3.63, 3.8) is 0 Å². The summed E-state index contributed by atoms with van der Waals surface area (Å²) < 4.78 is 1.18. The van der Waals surface area contributed by atoms with Crippen LogP contribution in [0.2, 0.25) is 0 Å². The van der Waals surface area contributed by atoms with Crippen molar-refractivity contribution in [1.29, 1.82) is 0 Å². The highest BCUT2D eigenvalue weighted by Crippen LogP contribution is 2.30. The monoisotopic (exact) mass is 370 g/mol. The van der Waals surface area contributed by atoms with Gasteiger partial charge in [-0.2, -0.15) is 0 Å². The number of hydrogen-bond donors (Lipinski definition) is 2. The molecule has 1 unspecified atom stereocenters. The lowest BCUT2D eigenvalue weighted by atomic mass is 9.96. The van der Waals surface area contributed by atoms with Crippen LogP contribution in [-0.4, -0.2) is 4.98 Å². The van der Waals surface area contributed by atoms with Gasteiger partial charge >= 0.3 is 0 Å². The Hall–Kier alpha value is -1.58. The number of halogens is 1. The Morgan fingerprint density at radius 2 is 1.78 bits per heavy atom. The molecule has 1 heterocycles. The molecular formula is C20H23BrN2. The number of aromatic nitrogens is 1. The van der Waals surface area contributed by atoms with Gasteiger partial charge in [0.25, 0.3) is 0 Å². The maximum Gasteiger partial charge on any atom is 0.0459 e. The second-order valence-electron chi connectivity index (χ2n) is 6.18. The van der Waals surface area contributed by atoms with E-state index in [9.17, 15) is 0 Å². The van der Waals surface area contributed by atoms with Crippen molar-refractivity contribution in [2.45, 2.75) is 38.6 Å². The van der Waals surface area contributed by atoms with Gasteiger partial charge < -0.3 is 10.7 Å². The number of fused-ring (bicyclic) bond motifs is 3. The summed E-state index contributed by atoms with van der Waals surface area (Å²) >= 11 is 3.53. The zero-order valence-electron chi connectivity index (χ0n) is 13.5. The zero-order valence-corrected chi connectivity index (χ0v) is 15.1. The predicted molar refractivity (Wildman–Crippen MR) is 102 cm³/mol. The lowest BCUT2D eigenvalue weighted by molar-refractivity contribution is 0.680. The molecule has 23 heavy (non-hydrogen) atoms. The number of rotatable bonds is 1. The Labute approximate surface area is 146 Å².